The Hall–Kier alpha value is -0.860. The van der Waals surface area contributed by atoms with Crippen molar-refractivity contribution < 1.29 is 0 Å². The molecule has 1 aromatic rings. The van der Waals surface area contributed by atoms with Crippen molar-refractivity contribution in [1.82, 2.24) is 9.80 Å². The molecular formula is C20H36IN5. The number of hydrogen-bond acceptors (Lipinski definition) is 3. The molecule has 0 aliphatic carbocycles. The van der Waals surface area contributed by atoms with Crippen LogP contribution in [0.1, 0.15) is 37.8 Å². The molecule has 0 unspecified atom stereocenters. The van der Waals surface area contributed by atoms with Crippen molar-refractivity contribution in [1.29, 1.82) is 0 Å². The van der Waals surface area contributed by atoms with Crippen molar-refractivity contribution in [2.24, 2.45) is 10.7 Å². The highest BCUT2D eigenvalue weighted by atomic mass is 127. The largest absolute Gasteiger partial charge is 0.370 e. The molecule has 1 aliphatic rings. The number of rotatable bonds is 7. The monoisotopic (exact) mass is 473 g/mol. The van der Waals surface area contributed by atoms with Gasteiger partial charge in [-0.25, -0.2) is 0 Å². The lowest BCUT2D eigenvalue weighted by Gasteiger charge is -2.34. The Labute approximate surface area is 176 Å². The molecule has 3 N–H and O–H groups in total. The van der Waals surface area contributed by atoms with Crippen LogP contribution in [-0.4, -0.2) is 62.1 Å². The van der Waals surface area contributed by atoms with Gasteiger partial charge in [-0.2, -0.15) is 0 Å². The van der Waals surface area contributed by atoms with Crippen molar-refractivity contribution in [3.63, 3.8) is 0 Å². The SMILES string of the molecule is CCc1cccc(CC)c1NC(N)=NCCN1CCC(N(C)C)CC1.I. The molecule has 0 radical (unpaired) electrons. The van der Waals surface area contributed by atoms with Gasteiger partial charge in [0.05, 0.1) is 6.54 Å². The van der Waals surface area contributed by atoms with Gasteiger partial charge in [0.2, 0.25) is 0 Å². The van der Waals surface area contributed by atoms with Crippen LogP contribution in [0.4, 0.5) is 5.69 Å². The maximum Gasteiger partial charge on any atom is 0.193 e. The van der Waals surface area contributed by atoms with Crippen LogP contribution in [0.15, 0.2) is 23.2 Å². The first kappa shape index (κ1) is 23.2. The fraction of sp³-hybridized carbons (Fsp3) is 0.650. The van der Waals surface area contributed by atoms with E-state index in [1.807, 2.05) is 0 Å². The molecule has 0 spiro atoms. The first-order valence-corrected chi connectivity index (χ1v) is 9.61. The highest BCUT2D eigenvalue weighted by molar-refractivity contribution is 14.0. The number of aryl methyl sites for hydroxylation is 2. The third kappa shape index (κ3) is 6.70. The van der Waals surface area contributed by atoms with Crippen molar-refractivity contribution in [2.45, 2.75) is 45.6 Å². The molecule has 1 aliphatic heterocycles. The molecule has 1 saturated heterocycles. The summed E-state index contributed by atoms with van der Waals surface area (Å²) in [5.41, 5.74) is 9.87. The van der Waals surface area contributed by atoms with E-state index < -0.39 is 0 Å². The van der Waals surface area contributed by atoms with Crippen LogP contribution >= 0.6 is 24.0 Å². The summed E-state index contributed by atoms with van der Waals surface area (Å²) in [6.07, 6.45) is 4.47. The van der Waals surface area contributed by atoms with Crippen LogP contribution in [-0.2, 0) is 12.8 Å². The summed E-state index contributed by atoms with van der Waals surface area (Å²) < 4.78 is 0. The molecule has 0 atom stereocenters. The lowest BCUT2D eigenvalue weighted by Crippen LogP contribution is -2.42. The second-order valence-electron chi connectivity index (χ2n) is 7.09. The van der Waals surface area contributed by atoms with E-state index in [-0.39, 0.29) is 24.0 Å². The molecule has 1 heterocycles. The molecule has 0 bridgehead atoms. The van der Waals surface area contributed by atoms with Crippen LogP contribution < -0.4 is 11.1 Å². The molecule has 1 aromatic carbocycles. The van der Waals surface area contributed by atoms with E-state index in [2.05, 4.69) is 66.3 Å². The topological polar surface area (TPSA) is 56.9 Å². The molecule has 26 heavy (non-hydrogen) atoms. The Balaban J connectivity index is 0.00000338. The fourth-order valence-electron chi connectivity index (χ4n) is 3.54. The maximum atomic E-state index is 6.14. The van der Waals surface area contributed by atoms with Gasteiger partial charge in [-0.3, -0.25) is 4.99 Å². The van der Waals surface area contributed by atoms with Gasteiger partial charge in [-0.1, -0.05) is 32.0 Å². The summed E-state index contributed by atoms with van der Waals surface area (Å²) in [6, 6.07) is 7.16. The average Bonchev–Trinajstić information content (AvgIpc) is 2.62. The van der Waals surface area contributed by atoms with Crippen molar-refractivity contribution in [3.05, 3.63) is 29.3 Å². The zero-order valence-corrected chi connectivity index (χ0v) is 19.1. The summed E-state index contributed by atoms with van der Waals surface area (Å²) in [5.74, 6) is 0.527. The van der Waals surface area contributed by atoms with Crippen LogP contribution in [0.3, 0.4) is 0 Å². The Kier molecular flexibility index (Phi) is 10.5. The van der Waals surface area contributed by atoms with Crippen molar-refractivity contribution >= 4 is 35.6 Å². The molecule has 0 saturated carbocycles. The number of anilines is 1. The minimum Gasteiger partial charge on any atom is -0.370 e. The number of likely N-dealkylation sites (tertiary alicyclic amines) is 1. The minimum absolute atomic E-state index is 0. The molecule has 148 valence electrons. The predicted molar refractivity (Wildman–Crippen MR) is 124 cm³/mol. The summed E-state index contributed by atoms with van der Waals surface area (Å²) >= 11 is 0. The molecule has 0 aromatic heterocycles. The third-order valence-corrected chi connectivity index (χ3v) is 5.24. The third-order valence-electron chi connectivity index (χ3n) is 5.24. The number of hydrogen-bond donors (Lipinski definition) is 2. The number of nitrogens with two attached hydrogens (primary N) is 1. The van der Waals surface area contributed by atoms with Gasteiger partial charge in [-0.15, -0.1) is 24.0 Å². The van der Waals surface area contributed by atoms with Gasteiger partial charge >= 0.3 is 0 Å². The van der Waals surface area contributed by atoms with E-state index >= 15 is 0 Å². The number of halogens is 1. The summed E-state index contributed by atoms with van der Waals surface area (Å²) in [4.78, 5) is 9.39. The summed E-state index contributed by atoms with van der Waals surface area (Å²) in [5, 5.41) is 3.34. The number of nitrogens with one attached hydrogen (secondary N) is 1. The van der Waals surface area contributed by atoms with E-state index in [9.17, 15) is 0 Å². The van der Waals surface area contributed by atoms with Crippen LogP contribution in [0, 0.1) is 0 Å². The highest BCUT2D eigenvalue weighted by Gasteiger charge is 2.19. The number of aliphatic imine (C=N–C) groups is 1. The number of para-hydroxylation sites is 1. The number of piperidine rings is 1. The molecule has 1 fully saturated rings. The van der Waals surface area contributed by atoms with Crippen LogP contribution in [0.2, 0.25) is 0 Å². The number of nitrogens with zero attached hydrogens (tertiary/aromatic N) is 3. The Morgan fingerprint density at radius 2 is 1.77 bits per heavy atom. The Bertz CT molecular complexity index is 543. The van der Waals surface area contributed by atoms with E-state index in [4.69, 9.17) is 5.73 Å². The minimum atomic E-state index is 0. The van der Waals surface area contributed by atoms with Crippen molar-refractivity contribution in [2.75, 3.05) is 45.6 Å². The molecular weight excluding hydrogens is 437 g/mol. The highest BCUT2D eigenvalue weighted by Crippen LogP contribution is 2.22. The quantitative estimate of drug-likeness (QED) is 0.363. The van der Waals surface area contributed by atoms with E-state index in [0.29, 0.717) is 5.96 Å². The van der Waals surface area contributed by atoms with Gasteiger partial charge in [0, 0.05) is 18.3 Å². The van der Waals surface area contributed by atoms with Crippen LogP contribution in [0.5, 0.6) is 0 Å². The first-order valence-electron chi connectivity index (χ1n) is 9.61. The van der Waals surface area contributed by atoms with Gasteiger partial charge in [0.1, 0.15) is 0 Å². The summed E-state index contributed by atoms with van der Waals surface area (Å²) in [6.45, 7) is 8.39. The van der Waals surface area contributed by atoms with Crippen molar-refractivity contribution in [3.8, 4) is 0 Å². The predicted octanol–water partition coefficient (Wildman–Crippen LogP) is 3.18. The lowest BCUT2D eigenvalue weighted by molar-refractivity contribution is 0.148. The molecule has 5 nitrogen and oxygen atoms in total. The zero-order chi connectivity index (χ0) is 18.2. The zero-order valence-electron chi connectivity index (χ0n) is 16.8. The van der Waals surface area contributed by atoms with E-state index in [1.165, 1.54) is 24.0 Å². The fourth-order valence-corrected chi connectivity index (χ4v) is 3.54. The molecule has 6 heteroatoms. The average molecular weight is 473 g/mol. The summed E-state index contributed by atoms with van der Waals surface area (Å²) in [7, 11) is 4.35. The smallest absolute Gasteiger partial charge is 0.193 e. The second kappa shape index (κ2) is 11.8. The first-order chi connectivity index (χ1) is 12.0. The Morgan fingerprint density at radius 3 is 2.27 bits per heavy atom. The normalized spacial score (nSPS) is 16.6. The Morgan fingerprint density at radius 1 is 1.19 bits per heavy atom. The second-order valence-corrected chi connectivity index (χ2v) is 7.09. The standard InChI is InChI=1S/C20H35N5.HI/c1-5-16-8-7-9-17(6-2)19(16)23-20(21)22-12-15-25-13-10-18(11-14-25)24(3)4;/h7-9,18H,5-6,10-15H2,1-4H3,(H3,21,22,23);1H. The van der Waals surface area contributed by atoms with Gasteiger partial charge < -0.3 is 20.9 Å². The lowest BCUT2D eigenvalue weighted by atomic mass is 10.0. The van der Waals surface area contributed by atoms with E-state index in [0.717, 1.165) is 50.7 Å². The maximum absolute atomic E-state index is 6.14. The van der Waals surface area contributed by atoms with E-state index in [1.54, 1.807) is 0 Å². The van der Waals surface area contributed by atoms with Gasteiger partial charge in [0.15, 0.2) is 5.96 Å². The molecule has 0 amide bonds. The number of guanidine groups is 1. The molecule has 2 rings (SSSR count). The van der Waals surface area contributed by atoms with Gasteiger partial charge in [0.25, 0.3) is 0 Å². The number of benzene rings is 1. The van der Waals surface area contributed by atoms with Gasteiger partial charge in [-0.05, 0) is 64.0 Å². The van der Waals surface area contributed by atoms with Crippen LogP contribution in [0.25, 0.3) is 0 Å².